The van der Waals surface area contributed by atoms with Crippen LogP contribution in [0, 0.1) is 0 Å². The van der Waals surface area contributed by atoms with Crippen molar-refractivity contribution < 1.29 is 43.5 Å². The summed E-state index contributed by atoms with van der Waals surface area (Å²) in [7, 11) is -3.08. The molecule has 0 aliphatic carbocycles. The first-order chi connectivity index (χ1) is 10.1. The Labute approximate surface area is 131 Å². The largest absolute Gasteiger partial charge is 0.741 e. The van der Waals surface area contributed by atoms with Gasteiger partial charge in [-0.2, -0.15) is 26.3 Å². The van der Waals surface area contributed by atoms with E-state index in [4.69, 9.17) is 13.0 Å². The molecule has 23 heavy (non-hydrogen) atoms. The number of benzene rings is 1. The average molecular weight is 385 g/mol. The van der Waals surface area contributed by atoms with Crippen LogP contribution in [0.25, 0.3) is 0 Å². The molecule has 0 spiro atoms. The molecule has 0 amide bonds. The quantitative estimate of drug-likeness (QED) is 0.339. The molecule has 1 aromatic carbocycles. The Balaban J connectivity index is 0.000000515. The number of hydrogen-bond donors (Lipinski definition) is 0. The van der Waals surface area contributed by atoms with E-state index in [9.17, 15) is 30.6 Å². The van der Waals surface area contributed by atoms with Gasteiger partial charge < -0.3 is 9.45 Å². The van der Waals surface area contributed by atoms with Gasteiger partial charge in [0.2, 0.25) is 0 Å². The van der Waals surface area contributed by atoms with Crippen molar-refractivity contribution in [1.82, 2.24) is 0 Å². The summed E-state index contributed by atoms with van der Waals surface area (Å²) in [5.41, 5.74) is -6.51. The fourth-order valence-corrected chi connectivity index (χ4v) is 1.68. The lowest BCUT2D eigenvalue weighted by molar-refractivity contribution is -0.139. The number of rotatable bonds is 2. The van der Waals surface area contributed by atoms with E-state index in [1.165, 1.54) is 37.2 Å². The van der Waals surface area contributed by atoms with Crippen molar-refractivity contribution in [3.8, 4) is 0 Å². The van der Waals surface area contributed by atoms with Gasteiger partial charge >= 0.3 is 28.2 Å². The van der Waals surface area contributed by atoms with Gasteiger partial charge in [-0.25, -0.2) is 8.42 Å². The first-order valence-corrected chi connectivity index (χ1v) is 7.47. The molecule has 0 fully saturated rings. The predicted molar refractivity (Wildman–Crippen MR) is 67.8 cm³/mol. The van der Waals surface area contributed by atoms with Crippen LogP contribution in [0.4, 0.5) is 32.0 Å². The van der Waals surface area contributed by atoms with Crippen LogP contribution in [0.5, 0.6) is 0 Å². The van der Waals surface area contributed by atoms with E-state index < -0.39 is 27.4 Å². The molecule has 0 aliphatic rings. The summed E-state index contributed by atoms with van der Waals surface area (Å²) in [4.78, 5) is 1.04. The number of nitrogens with zero attached hydrogens (tertiary/aromatic N) is 1. The van der Waals surface area contributed by atoms with Gasteiger partial charge in [0.05, 0.1) is 5.69 Å². The Morgan fingerprint density at radius 1 is 1.09 bits per heavy atom. The maximum absolute atomic E-state index is 12.7. The fourth-order valence-electron chi connectivity index (χ4n) is 1.25. The molecule has 0 unspecified atom stereocenters. The van der Waals surface area contributed by atoms with Crippen molar-refractivity contribution in [2.45, 2.75) is 16.6 Å². The molecule has 0 radical (unpaired) electrons. The van der Waals surface area contributed by atoms with Crippen LogP contribution in [0.2, 0.25) is 0 Å². The van der Waals surface area contributed by atoms with Crippen LogP contribution in [0.1, 0.15) is 5.56 Å². The van der Waals surface area contributed by atoms with Gasteiger partial charge in [0, 0.05) is 24.4 Å². The number of anilines is 1. The normalized spacial score (nSPS) is 12.2. The second-order valence-corrected chi connectivity index (χ2v) is 6.00. The van der Waals surface area contributed by atoms with Gasteiger partial charge in [-0.05, 0) is 6.07 Å². The van der Waals surface area contributed by atoms with Crippen molar-refractivity contribution in [1.29, 1.82) is 0 Å². The zero-order valence-corrected chi connectivity index (χ0v) is 13.0. The van der Waals surface area contributed by atoms with Gasteiger partial charge in [-0.15, -0.1) is 0 Å². The number of hydrogen-bond acceptors (Lipinski definition) is 5. The molecule has 13 heteroatoms. The highest BCUT2D eigenvalue weighted by atomic mass is 32.2. The van der Waals surface area contributed by atoms with E-state index in [0.29, 0.717) is 0 Å². The van der Waals surface area contributed by atoms with Crippen molar-refractivity contribution >= 4 is 27.5 Å². The highest BCUT2D eigenvalue weighted by molar-refractivity contribution is 7.86. The molecule has 0 bridgehead atoms. The summed E-state index contributed by atoms with van der Waals surface area (Å²) < 4.78 is 108. The maximum Gasteiger partial charge on any atom is 0.505 e. The van der Waals surface area contributed by atoms with Crippen molar-refractivity contribution in [3.05, 3.63) is 23.8 Å². The Hall–Kier alpha value is -1.47. The monoisotopic (exact) mass is 385 g/mol. The Morgan fingerprint density at radius 3 is 1.78 bits per heavy atom. The minimum Gasteiger partial charge on any atom is -0.741 e. The molecule has 132 valence electrons. The second kappa shape index (κ2) is 7.40. The summed E-state index contributed by atoms with van der Waals surface area (Å²) in [6.07, 6.45) is -4.51. The summed E-state index contributed by atoms with van der Waals surface area (Å²) in [5, 5.41) is 0. The molecule has 0 N–H and O–H groups in total. The number of halogens is 6. The minimum absolute atomic E-state index is 0.00310. The molecule has 5 nitrogen and oxygen atoms in total. The molecule has 0 saturated heterocycles. The summed E-state index contributed by atoms with van der Waals surface area (Å²) in [6.45, 7) is 0. The smallest absolute Gasteiger partial charge is 0.505 e. The molecule has 0 heterocycles. The molecule has 0 atom stereocenters. The van der Waals surface area contributed by atoms with Crippen LogP contribution in [-0.2, 0) is 32.2 Å². The topological polar surface area (TPSA) is 77.5 Å². The average Bonchev–Trinajstić information content (AvgIpc) is 2.34. The SMILES string of the molecule is CN(C)c1cccc([S+]=O)c1C(F)(F)F.O=S(=O)([O-])C(F)(F)F. The zero-order valence-electron chi connectivity index (χ0n) is 11.4. The van der Waals surface area contributed by atoms with E-state index in [1.807, 2.05) is 0 Å². The van der Waals surface area contributed by atoms with E-state index in [0.717, 1.165) is 0 Å². The maximum atomic E-state index is 12.7. The lowest BCUT2D eigenvalue weighted by Crippen LogP contribution is -2.21. The first-order valence-electron chi connectivity index (χ1n) is 5.32. The lowest BCUT2D eigenvalue weighted by atomic mass is 10.1. The van der Waals surface area contributed by atoms with Gasteiger partial charge in [0.25, 0.3) is 0 Å². The summed E-state index contributed by atoms with van der Waals surface area (Å²) >= 11 is -0.143. The van der Waals surface area contributed by atoms with Crippen LogP contribution < -0.4 is 4.90 Å². The molecular weight excluding hydrogens is 376 g/mol. The summed E-state index contributed by atoms with van der Waals surface area (Å²) in [6, 6.07) is 3.95. The van der Waals surface area contributed by atoms with Gasteiger partial charge in [0.1, 0.15) is 5.56 Å². The third-order valence-electron chi connectivity index (χ3n) is 2.14. The Kier molecular flexibility index (Phi) is 6.93. The second-order valence-electron chi connectivity index (χ2n) is 4.03. The molecule has 1 rings (SSSR count). The Morgan fingerprint density at radius 2 is 1.52 bits per heavy atom. The van der Waals surface area contributed by atoms with Crippen molar-refractivity contribution in [3.63, 3.8) is 0 Å². The molecule has 0 saturated carbocycles. The van der Waals surface area contributed by atoms with Crippen LogP contribution in [-0.4, -0.2) is 32.6 Å². The van der Waals surface area contributed by atoms with Crippen molar-refractivity contribution in [2.75, 3.05) is 19.0 Å². The minimum atomic E-state index is -6.09. The summed E-state index contributed by atoms with van der Waals surface area (Å²) in [5.74, 6) is 0. The lowest BCUT2D eigenvalue weighted by Gasteiger charge is -2.17. The highest BCUT2D eigenvalue weighted by Crippen LogP contribution is 2.38. The van der Waals surface area contributed by atoms with Crippen LogP contribution in [0.15, 0.2) is 23.1 Å². The predicted octanol–water partition coefficient (Wildman–Crippen LogP) is 2.61. The van der Waals surface area contributed by atoms with E-state index in [1.54, 1.807) is 0 Å². The van der Waals surface area contributed by atoms with Crippen molar-refractivity contribution in [2.24, 2.45) is 0 Å². The molecule has 1 aromatic rings. The van der Waals surface area contributed by atoms with Crippen LogP contribution >= 0.6 is 0 Å². The fraction of sp³-hybridized carbons (Fsp3) is 0.400. The third-order valence-corrected chi connectivity index (χ3v) is 3.23. The molecule has 0 aromatic heterocycles. The van der Waals surface area contributed by atoms with E-state index in [2.05, 4.69) is 0 Å². The number of alkyl halides is 6. The van der Waals surface area contributed by atoms with E-state index in [-0.39, 0.29) is 22.2 Å². The first kappa shape index (κ1) is 21.5. The highest BCUT2D eigenvalue weighted by Gasteiger charge is 2.41. The zero-order chi connectivity index (χ0) is 18.6. The van der Waals surface area contributed by atoms with Gasteiger partial charge in [-0.3, -0.25) is 0 Å². The molecule has 0 aliphatic heterocycles. The molecular formula is C10H9F6NO4S2. The Bertz CT molecular complexity index is 654. The van der Waals surface area contributed by atoms with Gasteiger partial charge in [-0.1, -0.05) is 6.07 Å². The van der Waals surface area contributed by atoms with Crippen LogP contribution in [0.3, 0.4) is 0 Å². The third kappa shape index (κ3) is 6.27. The van der Waals surface area contributed by atoms with E-state index >= 15 is 0 Å². The standard InChI is InChI=1S/C9H9F3NOS.CHF3O3S/c1-13(2)6-4-3-5-7(15-14)8(6)9(10,11)12;2-1(3,4)8(5,6)7/h3-5H,1-2H3;(H,5,6,7)/q+1;/p-1. The van der Waals surface area contributed by atoms with Gasteiger partial charge in [0.15, 0.2) is 10.1 Å².